The molecule has 1 unspecified atom stereocenters. The Morgan fingerprint density at radius 1 is 1.13 bits per heavy atom. The molecule has 250 valence electrons. The van der Waals surface area contributed by atoms with Crippen molar-refractivity contribution in [3.63, 3.8) is 0 Å². The van der Waals surface area contributed by atoms with Gasteiger partial charge in [0.05, 0.1) is 12.3 Å². The van der Waals surface area contributed by atoms with Crippen LogP contribution in [0.5, 0.6) is 0 Å². The largest absolute Gasteiger partial charge is 0.451 e. The summed E-state index contributed by atoms with van der Waals surface area (Å²) in [6.07, 6.45) is 0.686. The Morgan fingerprint density at radius 2 is 1.85 bits per heavy atom. The Morgan fingerprint density at radius 3 is 2.43 bits per heavy atom. The zero-order chi connectivity index (χ0) is 32.8. The molecular weight excluding hydrogens is 599 g/mol. The second kappa shape index (κ2) is 12.7. The van der Waals surface area contributed by atoms with E-state index in [-0.39, 0.29) is 30.0 Å². The Hall–Kier alpha value is -3.29. The van der Waals surface area contributed by atoms with Gasteiger partial charge in [0.15, 0.2) is 0 Å². The third kappa shape index (κ3) is 5.97. The predicted molar refractivity (Wildman–Crippen MR) is 168 cm³/mol. The Kier molecular flexibility index (Phi) is 9.03. The van der Waals surface area contributed by atoms with Gasteiger partial charge in [-0.15, -0.1) is 0 Å². The van der Waals surface area contributed by atoms with E-state index in [2.05, 4.69) is 35.3 Å². The van der Waals surface area contributed by atoms with Gasteiger partial charge >= 0.3 is 6.18 Å². The minimum absolute atomic E-state index is 0.0340. The normalized spacial score (nSPS) is 29.2. The van der Waals surface area contributed by atoms with E-state index in [1.54, 1.807) is 18.1 Å². The van der Waals surface area contributed by atoms with E-state index in [0.717, 1.165) is 36.1 Å². The van der Waals surface area contributed by atoms with Gasteiger partial charge in [-0.1, -0.05) is 6.58 Å². The first-order valence-electron chi connectivity index (χ1n) is 16.2. The van der Waals surface area contributed by atoms with Crippen LogP contribution in [0.3, 0.4) is 0 Å². The highest BCUT2D eigenvalue weighted by molar-refractivity contribution is 5.87. The van der Waals surface area contributed by atoms with Gasteiger partial charge in [-0.05, 0) is 62.8 Å². The van der Waals surface area contributed by atoms with Crippen LogP contribution in [0, 0.1) is 6.92 Å². The van der Waals surface area contributed by atoms with Gasteiger partial charge in [0, 0.05) is 89.8 Å². The van der Waals surface area contributed by atoms with Crippen LogP contribution in [0.1, 0.15) is 61.7 Å². The summed E-state index contributed by atoms with van der Waals surface area (Å²) in [5.41, 5.74) is 2.62. The van der Waals surface area contributed by atoms with Crippen LogP contribution in [0.15, 0.2) is 31.0 Å². The SMILES string of the molecule is C=CC(=O)N1CCN([C@@H]2CN(c3cc(N4CC[C@H](c5c(C)ccnc5C5(OC)CCOC5)C[C@H]4C)nc(C(F)(F)F)n3)[C@@H]2C)CC1. The van der Waals surface area contributed by atoms with Crippen molar-refractivity contribution in [1.82, 2.24) is 24.8 Å². The lowest BCUT2D eigenvalue weighted by Gasteiger charge is -2.53. The van der Waals surface area contributed by atoms with Crippen molar-refractivity contribution in [2.75, 3.05) is 69.4 Å². The van der Waals surface area contributed by atoms with Crippen molar-refractivity contribution in [1.29, 1.82) is 0 Å². The van der Waals surface area contributed by atoms with Crippen molar-refractivity contribution in [3.05, 3.63) is 53.6 Å². The lowest BCUT2D eigenvalue weighted by molar-refractivity contribution is -0.144. The molecule has 10 nitrogen and oxygen atoms in total. The van der Waals surface area contributed by atoms with Crippen molar-refractivity contribution in [2.24, 2.45) is 0 Å². The molecule has 0 spiro atoms. The summed E-state index contributed by atoms with van der Waals surface area (Å²) < 4.78 is 54.2. The highest BCUT2D eigenvalue weighted by Crippen LogP contribution is 2.43. The molecule has 6 heterocycles. The molecule has 0 aromatic carbocycles. The molecule has 4 aliphatic rings. The van der Waals surface area contributed by atoms with Crippen molar-refractivity contribution < 1.29 is 27.4 Å². The average molecular weight is 644 g/mol. The zero-order valence-corrected chi connectivity index (χ0v) is 27.1. The molecule has 46 heavy (non-hydrogen) atoms. The van der Waals surface area contributed by atoms with Crippen LogP contribution in [0.4, 0.5) is 24.8 Å². The number of piperazine rings is 1. The van der Waals surface area contributed by atoms with Gasteiger partial charge in [-0.25, -0.2) is 9.97 Å². The number of amides is 1. The quantitative estimate of drug-likeness (QED) is 0.414. The maximum Gasteiger partial charge on any atom is 0.451 e. The Labute approximate surface area is 268 Å². The van der Waals surface area contributed by atoms with Gasteiger partial charge in [0.1, 0.15) is 17.2 Å². The number of pyridine rings is 1. The summed E-state index contributed by atoms with van der Waals surface area (Å²) in [5, 5.41) is 0. The van der Waals surface area contributed by atoms with Gasteiger partial charge in [-0.3, -0.25) is 14.7 Å². The topological polar surface area (TPSA) is 87.2 Å². The van der Waals surface area contributed by atoms with Crippen LogP contribution in [-0.4, -0.2) is 108 Å². The lowest BCUT2D eigenvalue weighted by atomic mass is 9.79. The van der Waals surface area contributed by atoms with Crippen LogP contribution in [-0.2, 0) is 26.0 Å². The van der Waals surface area contributed by atoms with E-state index in [4.69, 9.17) is 14.5 Å². The standard InChI is InChI=1S/C33H44F3N7O3/c1-6-28(44)41-14-12-40(13-15-41)25-19-43(23(25)4)27-18-26(38-31(39-27)33(34,35)36)42-11-8-24(17-22(42)3)29-21(2)7-10-37-30(29)32(45-5)9-16-46-20-32/h6-7,10,18,22-25H,1,8-9,11-17,19-20H2,2-5H3/t22-,23-,24+,25-,32?/m1/s1. The third-order valence-electron chi connectivity index (χ3n) is 10.5. The molecule has 6 rings (SSSR count). The monoisotopic (exact) mass is 643 g/mol. The molecule has 0 radical (unpaired) electrons. The third-order valence-corrected chi connectivity index (χ3v) is 10.5. The van der Waals surface area contributed by atoms with Gasteiger partial charge in [0.25, 0.3) is 0 Å². The predicted octanol–water partition coefficient (Wildman–Crippen LogP) is 4.14. The molecule has 13 heteroatoms. The number of ether oxygens (including phenoxy) is 2. The molecule has 0 bridgehead atoms. The molecule has 4 aliphatic heterocycles. The summed E-state index contributed by atoms with van der Waals surface area (Å²) in [6.45, 7) is 14.6. The molecule has 1 amide bonds. The number of carbonyl (C=O) groups is 1. The number of halogens is 3. The number of nitrogens with zero attached hydrogens (tertiary/aromatic N) is 7. The lowest BCUT2D eigenvalue weighted by Crippen LogP contribution is -2.68. The van der Waals surface area contributed by atoms with E-state index in [1.807, 2.05) is 29.0 Å². The molecule has 2 aromatic heterocycles. The molecule has 2 aromatic rings. The Bertz CT molecular complexity index is 1440. The summed E-state index contributed by atoms with van der Waals surface area (Å²) in [6, 6.07) is 3.80. The zero-order valence-electron chi connectivity index (χ0n) is 27.1. The van der Waals surface area contributed by atoms with Gasteiger partial charge < -0.3 is 24.2 Å². The van der Waals surface area contributed by atoms with Crippen LogP contribution in [0.25, 0.3) is 0 Å². The van der Waals surface area contributed by atoms with E-state index in [0.29, 0.717) is 64.1 Å². The molecule has 0 saturated carbocycles. The number of piperidine rings is 1. The summed E-state index contributed by atoms with van der Waals surface area (Å²) in [7, 11) is 1.70. The number of methoxy groups -OCH3 is 1. The Balaban J connectivity index is 1.20. The molecule has 4 fully saturated rings. The number of rotatable bonds is 7. The highest BCUT2D eigenvalue weighted by Gasteiger charge is 2.45. The second-order valence-electron chi connectivity index (χ2n) is 13.1. The molecular formula is C33H44F3N7O3. The van der Waals surface area contributed by atoms with E-state index in [1.165, 1.54) is 6.08 Å². The molecule has 0 aliphatic carbocycles. The number of hydrogen-bond donors (Lipinski definition) is 0. The maximum atomic E-state index is 14.1. The fraction of sp³-hybridized carbons (Fsp3) is 0.636. The van der Waals surface area contributed by atoms with Crippen LogP contribution < -0.4 is 9.80 Å². The van der Waals surface area contributed by atoms with Crippen molar-refractivity contribution >= 4 is 17.5 Å². The first-order valence-corrected chi connectivity index (χ1v) is 16.2. The first-order chi connectivity index (χ1) is 22.0. The van der Waals surface area contributed by atoms with Gasteiger partial charge in [0.2, 0.25) is 11.7 Å². The van der Waals surface area contributed by atoms with E-state index in [9.17, 15) is 18.0 Å². The fourth-order valence-electron chi connectivity index (χ4n) is 7.77. The summed E-state index contributed by atoms with van der Waals surface area (Å²) >= 11 is 0. The minimum atomic E-state index is -4.67. The number of carbonyl (C=O) groups excluding carboxylic acids is 1. The second-order valence-corrected chi connectivity index (χ2v) is 13.1. The number of hydrogen-bond acceptors (Lipinski definition) is 9. The molecule has 5 atom stereocenters. The molecule has 4 saturated heterocycles. The van der Waals surface area contributed by atoms with Crippen LogP contribution in [0.2, 0.25) is 0 Å². The average Bonchev–Trinajstić information content (AvgIpc) is 3.54. The van der Waals surface area contributed by atoms with Crippen molar-refractivity contribution in [2.45, 2.75) is 75.9 Å². The summed E-state index contributed by atoms with van der Waals surface area (Å²) in [5.74, 6) is -0.423. The minimum Gasteiger partial charge on any atom is -0.378 e. The van der Waals surface area contributed by atoms with E-state index >= 15 is 0 Å². The summed E-state index contributed by atoms with van der Waals surface area (Å²) in [4.78, 5) is 32.9. The number of anilines is 2. The number of alkyl halides is 3. The van der Waals surface area contributed by atoms with Crippen molar-refractivity contribution in [3.8, 4) is 0 Å². The molecule has 0 N–H and O–H groups in total. The van der Waals surface area contributed by atoms with E-state index < -0.39 is 17.6 Å². The highest BCUT2D eigenvalue weighted by atomic mass is 19.4. The van der Waals surface area contributed by atoms with Crippen LogP contribution >= 0.6 is 0 Å². The van der Waals surface area contributed by atoms with Gasteiger partial charge in [-0.2, -0.15) is 13.2 Å². The number of aromatic nitrogens is 3. The fourth-order valence-corrected chi connectivity index (χ4v) is 7.77. The smallest absolute Gasteiger partial charge is 0.378 e. The maximum absolute atomic E-state index is 14.1. The first kappa shape index (κ1) is 32.6. The number of aryl methyl sites for hydroxylation is 1.